The summed E-state index contributed by atoms with van der Waals surface area (Å²) in [6, 6.07) is 13.5. The number of aliphatic hydroxyl groups is 1. The first-order chi connectivity index (χ1) is 16.4. The fourth-order valence-corrected chi connectivity index (χ4v) is 4.32. The van der Waals surface area contributed by atoms with E-state index in [1.54, 1.807) is 33.5 Å². The molecule has 0 aliphatic carbocycles. The number of benzene rings is 2. The maximum atomic E-state index is 13.6. The fourth-order valence-electron chi connectivity index (χ4n) is 4.32. The van der Waals surface area contributed by atoms with E-state index >= 15 is 0 Å². The van der Waals surface area contributed by atoms with Crippen molar-refractivity contribution in [2.45, 2.75) is 25.9 Å². The molecule has 0 saturated carbocycles. The maximum Gasteiger partial charge on any atom is 0.254 e. The van der Waals surface area contributed by atoms with Gasteiger partial charge < -0.3 is 29.1 Å². The number of likely N-dealkylation sites (tertiary alicyclic amines) is 1. The lowest BCUT2D eigenvalue weighted by Crippen LogP contribution is -2.35. The molecular weight excluding hydrogens is 432 g/mol. The molecule has 0 bridgehead atoms. The number of hydrogen-bond acceptors (Lipinski definition) is 6. The second-order valence-electron chi connectivity index (χ2n) is 8.64. The van der Waals surface area contributed by atoms with Crippen LogP contribution >= 0.6 is 0 Å². The standard InChI is InChI=1S/C27H36N2O5/c1-20(15-21-9-6-5-7-10-21)18-29(13-8-12-28-14-11-23(30)19-28)27(31)22-16-24(32-2)26(34-4)25(17-22)33-3/h5-7,9-10,15-17,23,30H,8,11-14,18-19H2,1-4H3. The largest absolute Gasteiger partial charge is 0.493 e. The Balaban J connectivity index is 1.81. The van der Waals surface area contributed by atoms with Crippen LogP contribution in [0.4, 0.5) is 0 Å². The molecule has 0 aromatic heterocycles. The van der Waals surface area contributed by atoms with Gasteiger partial charge in [-0.2, -0.15) is 0 Å². The zero-order chi connectivity index (χ0) is 24.5. The molecule has 1 heterocycles. The van der Waals surface area contributed by atoms with Gasteiger partial charge in [-0.15, -0.1) is 0 Å². The molecular formula is C27H36N2O5. The van der Waals surface area contributed by atoms with Gasteiger partial charge in [-0.25, -0.2) is 0 Å². The van der Waals surface area contributed by atoms with Crippen molar-refractivity contribution in [1.29, 1.82) is 0 Å². The van der Waals surface area contributed by atoms with Crippen LogP contribution in [0.2, 0.25) is 0 Å². The Bertz CT molecular complexity index is 951. The topological polar surface area (TPSA) is 71.5 Å². The molecule has 2 aromatic carbocycles. The van der Waals surface area contributed by atoms with Gasteiger partial charge in [-0.05, 0) is 44.0 Å². The van der Waals surface area contributed by atoms with E-state index in [0.717, 1.165) is 37.1 Å². The van der Waals surface area contributed by atoms with E-state index in [0.29, 0.717) is 42.4 Å². The monoisotopic (exact) mass is 468 g/mol. The third-order valence-corrected chi connectivity index (χ3v) is 6.00. The summed E-state index contributed by atoms with van der Waals surface area (Å²) in [5, 5.41) is 9.80. The van der Waals surface area contributed by atoms with Gasteiger partial charge in [0.25, 0.3) is 5.91 Å². The van der Waals surface area contributed by atoms with Crippen molar-refractivity contribution in [1.82, 2.24) is 9.80 Å². The van der Waals surface area contributed by atoms with Crippen molar-refractivity contribution in [2.24, 2.45) is 0 Å². The van der Waals surface area contributed by atoms with Gasteiger partial charge in [-0.3, -0.25) is 4.79 Å². The van der Waals surface area contributed by atoms with Crippen molar-refractivity contribution in [2.75, 3.05) is 54.1 Å². The van der Waals surface area contributed by atoms with Crippen LogP contribution in [0.25, 0.3) is 6.08 Å². The Morgan fingerprint density at radius 1 is 1.12 bits per heavy atom. The average Bonchev–Trinajstić information content (AvgIpc) is 3.27. The van der Waals surface area contributed by atoms with E-state index in [2.05, 4.69) is 11.0 Å². The number of nitrogens with zero attached hydrogens (tertiary/aromatic N) is 2. The van der Waals surface area contributed by atoms with Crippen LogP contribution in [0.15, 0.2) is 48.0 Å². The molecule has 184 valence electrons. The van der Waals surface area contributed by atoms with Crippen molar-refractivity contribution in [3.05, 3.63) is 59.2 Å². The van der Waals surface area contributed by atoms with Crippen LogP contribution in [0.1, 0.15) is 35.7 Å². The van der Waals surface area contributed by atoms with Crippen LogP contribution in [0.5, 0.6) is 17.2 Å². The quantitative estimate of drug-likeness (QED) is 0.542. The highest BCUT2D eigenvalue weighted by Gasteiger charge is 2.23. The van der Waals surface area contributed by atoms with Crippen molar-refractivity contribution >= 4 is 12.0 Å². The first-order valence-electron chi connectivity index (χ1n) is 11.7. The summed E-state index contributed by atoms with van der Waals surface area (Å²) < 4.78 is 16.3. The number of β-amino-alcohol motifs (C(OH)–C–C–N with tert-alkyl or cyclic N) is 1. The van der Waals surface area contributed by atoms with Crippen molar-refractivity contribution in [3.8, 4) is 17.2 Å². The van der Waals surface area contributed by atoms with Gasteiger partial charge in [0.1, 0.15) is 0 Å². The zero-order valence-electron chi connectivity index (χ0n) is 20.6. The fraction of sp³-hybridized carbons (Fsp3) is 0.444. The predicted molar refractivity (Wildman–Crippen MR) is 134 cm³/mol. The van der Waals surface area contributed by atoms with E-state index in [1.807, 2.05) is 42.2 Å². The highest BCUT2D eigenvalue weighted by molar-refractivity contribution is 5.96. The normalized spacial score (nSPS) is 16.4. The molecule has 0 spiro atoms. The number of carbonyl (C=O) groups excluding carboxylic acids is 1. The highest BCUT2D eigenvalue weighted by atomic mass is 16.5. The van der Waals surface area contributed by atoms with E-state index in [4.69, 9.17) is 14.2 Å². The molecule has 1 unspecified atom stereocenters. The minimum atomic E-state index is -0.243. The van der Waals surface area contributed by atoms with Crippen LogP contribution in [-0.2, 0) is 0 Å². The highest BCUT2D eigenvalue weighted by Crippen LogP contribution is 2.38. The second-order valence-corrected chi connectivity index (χ2v) is 8.64. The Hall–Kier alpha value is -3.03. The first kappa shape index (κ1) is 25.6. The lowest BCUT2D eigenvalue weighted by atomic mass is 10.1. The summed E-state index contributed by atoms with van der Waals surface area (Å²) in [7, 11) is 4.63. The molecule has 1 atom stereocenters. The maximum absolute atomic E-state index is 13.6. The number of methoxy groups -OCH3 is 3. The minimum absolute atomic E-state index is 0.0958. The molecule has 1 fully saturated rings. The molecule has 7 heteroatoms. The Kier molecular flexibility index (Phi) is 9.36. The Morgan fingerprint density at radius 3 is 2.35 bits per heavy atom. The predicted octanol–water partition coefficient (Wildman–Crippen LogP) is 3.71. The summed E-state index contributed by atoms with van der Waals surface area (Å²) in [6.07, 6.45) is 3.49. The van der Waals surface area contributed by atoms with Crippen LogP contribution in [-0.4, -0.2) is 81.0 Å². The molecule has 1 N–H and O–H groups in total. The molecule has 1 aliphatic heterocycles. The summed E-state index contributed by atoms with van der Waals surface area (Å²) in [4.78, 5) is 17.8. The lowest BCUT2D eigenvalue weighted by Gasteiger charge is -2.25. The summed E-state index contributed by atoms with van der Waals surface area (Å²) in [5.74, 6) is 1.27. The van der Waals surface area contributed by atoms with Gasteiger partial charge >= 0.3 is 0 Å². The van der Waals surface area contributed by atoms with Gasteiger partial charge in [0.15, 0.2) is 11.5 Å². The van der Waals surface area contributed by atoms with Crippen LogP contribution in [0.3, 0.4) is 0 Å². The smallest absolute Gasteiger partial charge is 0.254 e. The van der Waals surface area contributed by atoms with E-state index < -0.39 is 0 Å². The summed E-state index contributed by atoms with van der Waals surface area (Å²) in [6.45, 7) is 5.59. The van der Waals surface area contributed by atoms with Gasteiger partial charge in [0.2, 0.25) is 5.75 Å². The third-order valence-electron chi connectivity index (χ3n) is 6.00. The Labute approximate surface area is 202 Å². The van der Waals surface area contributed by atoms with Crippen LogP contribution < -0.4 is 14.2 Å². The van der Waals surface area contributed by atoms with Crippen molar-refractivity contribution < 1.29 is 24.1 Å². The summed E-state index contributed by atoms with van der Waals surface area (Å²) in [5.41, 5.74) is 2.67. The van der Waals surface area contributed by atoms with E-state index in [1.165, 1.54) is 0 Å². The van der Waals surface area contributed by atoms with E-state index in [9.17, 15) is 9.90 Å². The summed E-state index contributed by atoms with van der Waals surface area (Å²) >= 11 is 0. The molecule has 3 rings (SSSR count). The molecule has 34 heavy (non-hydrogen) atoms. The first-order valence-corrected chi connectivity index (χ1v) is 11.7. The third kappa shape index (κ3) is 6.74. The molecule has 1 aliphatic rings. The average molecular weight is 469 g/mol. The Morgan fingerprint density at radius 2 is 1.79 bits per heavy atom. The minimum Gasteiger partial charge on any atom is -0.493 e. The number of carbonyl (C=O) groups is 1. The lowest BCUT2D eigenvalue weighted by molar-refractivity contribution is 0.0762. The molecule has 1 amide bonds. The number of amides is 1. The molecule has 0 radical (unpaired) electrons. The van der Waals surface area contributed by atoms with Gasteiger partial charge in [0.05, 0.1) is 27.4 Å². The molecule has 1 saturated heterocycles. The number of hydrogen-bond donors (Lipinski definition) is 1. The number of aliphatic hydroxyl groups excluding tert-OH is 1. The molecule has 7 nitrogen and oxygen atoms in total. The van der Waals surface area contributed by atoms with E-state index in [-0.39, 0.29) is 12.0 Å². The molecule has 2 aromatic rings. The number of ether oxygens (including phenoxy) is 3. The van der Waals surface area contributed by atoms with Crippen LogP contribution in [0, 0.1) is 0 Å². The van der Waals surface area contributed by atoms with Gasteiger partial charge in [-0.1, -0.05) is 42.0 Å². The zero-order valence-corrected chi connectivity index (χ0v) is 20.6. The second kappa shape index (κ2) is 12.4. The number of rotatable bonds is 11. The van der Waals surface area contributed by atoms with Crippen molar-refractivity contribution in [3.63, 3.8) is 0 Å². The SMILES string of the molecule is COc1cc(C(=O)N(CCCN2CCC(O)C2)CC(C)=Cc2ccccc2)cc(OC)c1OC. The van der Waals surface area contributed by atoms with Gasteiger partial charge in [0, 0.05) is 31.7 Å².